The van der Waals surface area contributed by atoms with Crippen LogP contribution >= 0.6 is 0 Å². The molecule has 2 rings (SSSR count). The van der Waals surface area contributed by atoms with Crippen LogP contribution in [0.2, 0.25) is 0 Å². The fourth-order valence-corrected chi connectivity index (χ4v) is 4.52. The Hall–Kier alpha value is -1.18. The van der Waals surface area contributed by atoms with E-state index in [1.54, 1.807) is 16.4 Å². The first kappa shape index (κ1) is 15.2. The Morgan fingerprint density at radius 3 is 3.00 bits per heavy atom. The molecule has 112 valence electrons. The van der Waals surface area contributed by atoms with Crippen LogP contribution in [0.25, 0.3) is 0 Å². The third-order valence-electron chi connectivity index (χ3n) is 3.67. The van der Waals surface area contributed by atoms with Gasteiger partial charge in [-0.15, -0.1) is 0 Å². The molecule has 0 aliphatic carbocycles. The van der Waals surface area contributed by atoms with E-state index in [1.807, 2.05) is 0 Å². The van der Waals surface area contributed by atoms with Crippen LogP contribution in [0.3, 0.4) is 0 Å². The van der Waals surface area contributed by atoms with Gasteiger partial charge in [0.25, 0.3) is 10.0 Å². The fraction of sp³-hybridized carbons (Fsp3) is 0.615. The Balaban J connectivity index is 2.37. The molecule has 0 bridgehead atoms. The molecule has 2 heterocycles. The van der Waals surface area contributed by atoms with Gasteiger partial charge in [0.15, 0.2) is 5.03 Å². The van der Waals surface area contributed by atoms with E-state index in [0.717, 1.165) is 32.1 Å². The van der Waals surface area contributed by atoms with Crippen molar-refractivity contribution < 1.29 is 8.42 Å². The zero-order valence-corrected chi connectivity index (χ0v) is 12.6. The van der Waals surface area contributed by atoms with E-state index in [2.05, 4.69) is 17.3 Å². The number of sulfonamides is 1. The maximum Gasteiger partial charge on any atom is 0.262 e. The molecule has 1 saturated heterocycles. The number of nitrogens with two attached hydrogens (primary N) is 1. The highest BCUT2D eigenvalue weighted by molar-refractivity contribution is 7.89. The average Bonchev–Trinajstić information content (AvgIpc) is 2.48. The van der Waals surface area contributed by atoms with Crippen molar-refractivity contribution >= 4 is 15.7 Å². The molecule has 1 aromatic rings. The van der Waals surface area contributed by atoms with E-state index in [4.69, 9.17) is 5.84 Å². The Morgan fingerprint density at radius 1 is 1.50 bits per heavy atom. The van der Waals surface area contributed by atoms with E-state index in [0.29, 0.717) is 12.2 Å². The molecular formula is C13H22N4O2S. The summed E-state index contributed by atoms with van der Waals surface area (Å²) >= 11 is 0. The van der Waals surface area contributed by atoms with Gasteiger partial charge in [-0.05, 0) is 31.4 Å². The van der Waals surface area contributed by atoms with Gasteiger partial charge in [0.1, 0.15) is 0 Å². The number of aromatic nitrogens is 1. The van der Waals surface area contributed by atoms with Gasteiger partial charge in [-0.25, -0.2) is 13.4 Å². The number of pyridine rings is 1. The average molecular weight is 298 g/mol. The zero-order valence-electron chi connectivity index (χ0n) is 11.7. The molecule has 1 atom stereocenters. The van der Waals surface area contributed by atoms with Crippen molar-refractivity contribution in [2.45, 2.75) is 50.1 Å². The minimum Gasteiger partial charge on any atom is -0.321 e. The van der Waals surface area contributed by atoms with E-state index in [1.165, 1.54) is 6.20 Å². The number of nitrogen functional groups attached to an aromatic ring is 1. The van der Waals surface area contributed by atoms with Gasteiger partial charge in [-0.2, -0.15) is 4.31 Å². The number of rotatable bonds is 5. The summed E-state index contributed by atoms with van der Waals surface area (Å²) in [5.41, 5.74) is 2.76. The van der Waals surface area contributed by atoms with Gasteiger partial charge in [0.05, 0.1) is 5.69 Å². The molecule has 0 amide bonds. The van der Waals surface area contributed by atoms with Crippen LogP contribution in [0.4, 0.5) is 5.69 Å². The second-order valence-corrected chi connectivity index (χ2v) is 6.86. The van der Waals surface area contributed by atoms with Crippen LogP contribution in [0.15, 0.2) is 23.4 Å². The molecule has 0 radical (unpaired) electrons. The lowest BCUT2D eigenvalue weighted by atomic mass is 10.0. The van der Waals surface area contributed by atoms with E-state index in [-0.39, 0.29) is 11.1 Å². The number of anilines is 1. The maximum absolute atomic E-state index is 12.8. The molecule has 6 nitrogen and oxygen atoms in total. The lowest BCUT2D eigenvalue weighted by Gasteiger charge is -2.34. The number of hydrogen-bond donors (Lipinski definition) is 2. The minimum atomic E-state index is -3.60. The van der Waals surface area contributed by atoms with Crippen molar-refractivity contribution in [1.82, 2.24) is 9.29 Å². The maximum atomic E-state index is 12.8. The molecule has 1 unspecified atom stereocenters. The van der Waals surface area contributed by atoms with Crippen LogP contribution < -0.4 is 11.3 Å². The summed E-state index contributed by atoms with van der Waals surface area (Å²) in [6, 6.07) is 3.36. The quantitative estimate of drug-likeness (QED) is 0.638. The highest BCUT2D eigenvalue weighted by atomic mass is 32.2. The highest BCUT2D eigenvalue weighted by Gasteiger charge is 2.35. The van der Waals surface area contributed by atoms with Crippen LogP contribution in [0.5, 0.6) is 0 Å². The molecule has 1 aliphatic heterocycles. The van der Waals surface area contributed by atoms with E-state index >= 15 is 0 Å². The summed E-state index contributed by atoms with van der Waals surface area (Å²) in [6.07, 6.45) is 6.24. The third kappa shape index (κ3) is 2.94. The topological polar surface area (TPSA) is 88.3 Å². The van der Waals surface area contributed by atoms with Gasteiger partial charge in [-0.1, -0.05) is 19.8 Å². The summed E-state index contributed by atoms with van der Waals surface area (Å²) < 4.78 is 27.2. The molecule has 1 fully saturated rings. The van der Waals surface area contributed by atoms with Crippen LogP contribution in [-0.4, -0.2) is 30.3 Å². The van der Waals surface area contributed by atoms with Gasteiger partial charge in [-0.3, -0.25) is 5.84 Å². The molecule has 1 aliphatic rings. The first-order chi connectivity index (χ1) is 9.61. The summed E-state index contributed by atoms with van der Waals surface area (Å²) in [7, 11) is -3.60. The van der Waals surface area contributed by atoms with Gasteiger partial charge in [0, 0.05) is 18.8 Å². The zero-order chi connectivity index (χ0) is 14.6. The van der Waals surface area contributed by atoms with Gasteiger partial charge < -0.3 is 5.43 Å². The van der Waals surface area contributed by atoms with Crippen molar-refractivity contribution in [2.75, 3.05) is 12.0 Å². The van der Waals surface area contributed by atoms with Gasteiger partial charge >= 0.3 is 0 Å². The normalized spacial score (nSPS) is 20.8. The summed E-state index contributed by atoms with van der Waals surface area (Å²) in [5, 5.41) is 0.0190. The largest absolute Gasteiger partial charge is 0.321 e. The Kier molecular flexibility index (Phi) is 4.95. The molecule has 3 N–H and O–H groups in total. The van der Waals surface area contributed by atoms with Crippen molar-refractivity contribution in [1.29, 1.82) is 0 Å². The monoisotopic (exact) mass is 298 g/mol. The Bertz CT molecular complexity index is 545. The molecular weight excluding hydrogens is 276 g/mol. The second kappa shape index (κ2) is 6.51. The number of piperidine rings is 1. The Morgan fingerprint density at radius 2 is 2.30 bits per heavy atom. The fourth-order valence-electron chi connectivity index (χ4n) is 2.73. The molecule has 7 heteroatoms. The molecule has 0 saturated carbocycles. The van der Waals surface area contributed by atoms with Crippen molar-refractivity contribution in [3.05, 3.63) is 18.3 Å². The third-order valence-corrected chi connectivity index (χ3v) is 5.59. The first-order valence-corrected chi connectivity index (χ1v) is 8.48. The lowest BCUT2D eigenvalue weighted by Crippen LogP contribution is -2.44. The number of hydrazine groups is 1. The minimum absolute atomic E-state index is 0.0190. The molecule has 20 heavy (non-hydrogen) atoms. The smallest absolute Gasteiger partial charge is 0.262 e. The predicted octanol–water partition coefficient (Wildman–Crippen LogP) is 1.71. The summed E-state index contributed by atoms with van der Waals surface area (Å²) in [6.45, 7) is 2.64. The SMILES string of the molecule is CCCC1CCCCN1S(=O)(=O)c1ncccc1NN. The number of hydrogen-bond acceptors (Lipinski definition) is 5. The predicted molar refractivity (Wildman–Crippen MR) is 78.5 cm³/mol. The second-order valence-electron chi connectivity index (χ2n) is 5.05. The van der Waals surface area contributed by atoms with Gasteiger partial charge in [0.2, 0.25) is 0 Å². The van der Waals surface area contributed by atoms with E-state index < -0.39 is 10.0 Å². The van der Waals surface area contributed by atoms with E-state index in [9.17, 15) is 8.42 Å². The number of nitrogens with one attached hydrogen (secondary N) is 1. The Labute approximate surface area is 120 Å². The molecule has 0 aromatic carbocycles. The summed E-state index contributed by atoms with van der Waals surface area (Å²) in [5.74, 6) is 5.40. The summed E-state index contributed by atoms with van der Waals surface area (Å²) in [4.78, 5) is 4.02. The van der Waals surface area contributed by atoms with Crippen LogP contribution in [0.1, 0.15) is 39.0 Å². The standard InChI is InChI=1S/C13H22N4O2S/c1-2-6-11-7-3-4-10-17(11)20(18,19)13-12(16-14)8-5-9-15-13/h5,8-9,11,16H,2-4,6-7,10,14H2,1H3. The number of nitrogens with zero attached hydrogens (tertiary/aromatic N) is 2. The van der Waals surface area contributed by atoms with Crippen molar-refractivity contribution in [2.24, 2.45) is 5.84 Å². The van der Waals surface area contributed by atoms with Crippen LogP contribution in [-0.2, 0) is 10.0 Å². The van der Waals surface area contributed by atoms with Crippen molar-refractivity contribution in [3.8, 4) is 0 Å². The molecule has 1 aromatic heterocycles. The van der Waals surface area contributed by atoms with Crippen LogP contribution in [0, 0.1) is 0 Å². The van der Waals surface area contributed by atoms with Crippen molar-refractivity contribution in [3.63, 3.8) is 0 Å². The highest BCUT2D eigenvalue weighted by Crippen LogP contribution is 2.29. The molecule has 0 spiro atoms. The lowest BCUT2D eigenvalue weighted by molar-refractivity contribution is 0.239. The first-order valence-electron chi connectivity index (χ1n) is 7.04.